The second-order valence-corrected chi connectivity index (χ2v) is 7.47. The van der Waals surface area contributed by atoms with E-state index in [1.165, 1.54) is 17.6 Å². The Morgan fingerprint density at radius 1 is 1.25 bits per heavy atom. The fourth-order valence-corrected chi connectivity index (χ4v) is 3.34. The van der Waals surface area contributed by atoms with Gasteiger partial charge in [0.2, 0.25) is 0 Å². The van der Waals surface area contributed by atoms with E-state index in [9.17, 15) is 4.79 Å². The van der Waals surface area contributed by atoms with Crippen molar-refractivity contribution in [3.63, 3.8) is 0 Å². The molecule has 0 bridgehead atoms. The molecule has 28 heavy (non-hydrogen) atoms. The largest absolute Gasteiger partial charge is 0.459 e. The van der Waals surface area contributed by atoms with Crippen molar-refractivity contribution in [2.45, 2.75) is 26.4 Å². The standard InChI is InChI=1S/C20H21N5O2S/c1-4-22-17(25-20(2,3)21)16-15(13-9-6-5-7-10-13)23-19(28-16)24-18(26)14-11-8-12-27-14/h4-12H,21H2,1-3H3,(H,23,24,26)/b22-4+,25-17-. The second kappa shape index (κ2) is 8.28. The Kier molecular flexibility index (Phi) is 5.81. The van der Waals surface area contributed by atoms with Crippen molar-refractivity contribution in [1.82, 2.24) is 4.98 Å². The molecule has 0 saturated carbocycles. The Morgan fingerprint density at radius 3 is 2.61 bits per heavy atom. The van der Waals surface area contributed by atoms with Crippen LogP contribution in [-0.2, 0) is 0 Å². The van der Waals surface area contributed by atoms with E-state index < -0.39 is 5.66 Å². The molecule has 144 valence electrons. The highest BCUT2D eigenvalue weighted by atomic mass is 32.1. The summed E-state index contributed by atoms with van der Waals surface area (Å²) in [6.45, 7) is 5.39. The molecule has 0 unspecified atom stereocenters. The lowest BCUT2D eigenvalue weighted by Gasteiger charge is -2.13. The van der Waals surface area contributed by atoms with E-state index in [0.717, 1.165) is 10.4 Å². The van der Waals surface area contributed by atoms with E-state index in [-0.39, 0.29) is 11.7 Å². The number of anilines is 1. The van der Waals surface area contributed by atoms with Crippen LogP contribution < -0.4 is 11.1 Å². The topological polar surface area (TPSA) is 106 Å². The maximum Gasteiger partial charge on any atom is 0.293 e. The van der Waals surface area contributed by atoms with E-state index in [1.807, 2.05) is 37.3 Å². The zero-order valence-electron chi connectivity index (χ0n) is 15.8. The molecule has 3 rings (SSSR count). The molecule has 1 aromatic carbocycles. The summed E-state index contributed by atoms with van der Waals surface area (Å²) in [6, 6.07) is 12.9. The highest BCUT2D eigenvalue weighted by Gasteiger charge is 2.21. The minimum Gasteiger partial charge on any atom is -0.459 e. The SMILES string of the molecule is C/C=N/C(=N\C(C)(C)N)c1sc(NC(=O)c2ccco2)nc1-c1ccccc1. The van der Waals surface area contributed by atoms with Gasteiger partial charge in [-0.2, -0.15) is 0 Å². The lowest BCUT2D eigenvalue weighted by molar-refractivity contribution is 0.0996. The highest BCUT2D eigenvalue weighted by molar-refractivity contribution is 7.18. The third-order valence-corrected chi connectivity index (χ3v) is 4.46. The summed E-state index contributed by atoms with van der Waals surface area (Å²) in [4.78, 5) is 26.6. The third kappa shape index (κ3) is 4.79. The van der Waals surface area contributed by atoms with Crippen LogP contribution in [0.3, 0.4) is 0 Å². The van der Waals surface area contributed by atoms with Crippen LogP contribution in [-0.4, -0.2) is 28.6 Å². The van der Waals surface area contributed by atoms with E-state index in [4.69, 9.17) is 10.2 Å². The smallest absolute Gasteiger partial charge is 0.293 e. The van der Waals surface area contributed by atoms with Crippen molar-refractivity contribution >= 4 is 34.4 Å². The Balaban J connectivity index is 2.07. The molecule has 0 aliphatic carbocycles. The molecule has 7 nitrogen and oxygen atoms in total. The van der Waals surface area contributed by atoms with Crippen LogP contribution in [0.1, 0.15) is 36.2 Å². The van der Waals surface area contributed by atoms with Crippen LogP contribution in [0.25, 0.3) is 11.3 Å². The predicted octanol–water partition coefficient (Wildman–Crippen LogP) is 4.19. The molecular formula is C20H21N5O2S. The number of hydrogen-bond donors (Lipinski definition) is 2. The van der Waals surface area contributed by atoms with Gasteiger partial charge in [-0.1, -0.05) is 41.7 Å². The Hall–Kier alpha value is -3.10. The number of hydrogen-bond acceptors (Lipinski definition) is 6. The number of rotatable bonds is 5. The van der Waals surface area contributed by atoms with Crippen molar-refractivity contribution in [3.8, 4) is 11.3 Å². The number of carbonyl (C=O) groups excluding carboxylic acids is 1. The molecular weight excluding hydrogens is 374 g/mol. The van der Waals surface area contributed by atoms with Gasteiger partial charge in [-0.25, -0.2) is 15.0 Å². The molecule has 2 aromatic heterocycles. The highest BCUT2D eigenvalue weighted by Crippen LogP contribution is 2.33. The minimum absolute atomic E-state index is 0.210. The zero-order valence-corrected chi connectivity index (χ0v) is 16.7. The number of thiazole rings is 1. The molecule has 3 aromatic rings. The molecule has 0 aliphatic rings. The number of aliphatic imine (C=N–C) groups is 2. The lowest BCUT2D eigenvalue weighted by atomic mass is 10.1. The number of furan rings is 1. The van der Waals surface area contributed by atoms with Gasteiger partial charge in [0.15, 0.2) is 16.7 Å². The van der Waals surface area contributed by atoms with Crippen LogP contribution in [0.15, 0.2) is 63.1 Å². The van der Waals surface area contributed by atoms with Gasteiger partial charge >= 0.3 is 0 Å². The first kappa shape index (κ1) is 19.7. The number of aromatic nitrogens is 1. The fourth-order valence-electron chi connectivity index (χ4n) is 2.42. The average molecular weight is 395 g/mol. The quantitative estimate of drug-likeness (QED) is 0.499. The summed E-state index contributed by atoms with van der Waals surface area (Å²) in [5, 5.41) is 3.19. The first-order chi connectivity index (χ1) is 13.4. The van der Waals surface area contributed by atoms with Crippen molar-refractivity contribution in [2.75, 3.05) is 5.32 Å². The number of amides is 1. The molecule has 0 saturated heterocycles. The van der Waals surface area contributed by atoms with Crippen molar-refractivity contribution in [2.24, 2.45) is 15.7 Å². The van der Waals surface area contributed by atoms with Gasteiger partial charge in [0, 0.05) is 11.8 Å². The van der Waals surface area contributed by atoms with Gasteiger partial charge < -0.3 is 10.2 Å². The maximum absolute atomic E-state index is 12.3. The lowest BCUT2D eigenvalue weighted by Crippen LogP contribution is -2.30. The molecule has 0 fully saturated rings. The fraction of sp³-hybridized carbons (Fsp3) is 0.200. The number of benzene rings is 1. The third-order valence-electron chi connectivity index (χ3n) is 3.49. The summed E-state index contributed by atoms with van der Waals surface area (Å²) < 4.78 is 5.14. The Morgan fingerprint density at radius 2 is 2.00 bits per heavy atom. The molecule has 0 radical (unpaired) electrons. The van der Waals surface area contributed by atoms with Crippen molar-refractivity contribution in [1.29, 1.82) is 0 Å². The zero-order chi connectivity index (χ0) is 20.1. The molecule has 2 heterocycles. The maximum atomic E-state index is 12.3. The van der Waals surface area contributed by atoms with E-state index >= 15 is 0 Å². The van der Waals surface area contributed by atoms with E-state index in [1.54, 1.807) is 32.2 Å². The molecule has 1 amide bonds. The summed E-state index contributed by atoms with van der Waals surface area (Å²) in [6.07, 6.45) is 3.10. The minimum atomic E-state index is -0.808. The van der Waals surface area contributed by atoms with Gasteiger partial charge in [-0.3, -0.25) is 10.1 Å². The number of amidine groups is 1. The molecule has 0 atom stereocenters. The first-order valence-corrected chi connectivity index (χ1v) is 9.48. The summed E-state index contributed by atoms with van der Waals surface area (Å²) >= 11 is 1.28. The van der Waals surface area contributed by atoms with E-state index in [0.29, 0.717) is 16.7 Å². The van der Waals surface area contributed by atoms with Gasteiger partial charge in [0.25, 0.3) is 5.91 Å². The molecule has 3 N–H and O–H groups in total. The average Bonchev–Trinajstić information content (AvgIpc) is 3.31. The number of carbonyl (C=O) groups is 1. The normalized spacial score (nSPS) is 12.5. The van der Waals surface area contributed by atoms with Gasteiger partial charge in [0.1, 0.15) is 10.5 Å². The van der Waals surface area contributed by atoms with Crippen molar-refractivity contribution in [3.05, 3.63) is 59.4 Å². The molecule has 0 spiro atoms. The summed E-state index contributed by atoms with van der Waals surface area (Å²) in [7, 11) is 0. The number of nitrogens with zero attached hydrogens (tertiary/aromatic N) is 3. The van der Waals surface area contributed by atoms with Crippen LogP contribution in [0.5, 0.6) is 0 Å². The van der Waals surface area contributed by atoms with Crippen LogP contribution in [0, 0.1) is 0 Å². The van der Waals surface area contributed by atoms with E-state index in [2.05, 4.69) is 20.3 Å². The molecule has 8 heteroatoms. The van der Waals surface area contributed by atoms with Gasteiger partial charge in [-0.05, 0) is 32.9 Å². The summed E-state index contributed by atoms with van der Waals surface area (Å²) in [5.74, 6) is 0.299. The molecule has 0 aliphatic heterocycles. The van der Waals surface area contributed by atoms with Crippen LogP contribution >= 0.6 is 11.3 Å². The second-order valence-electron chi connectivity index (χ2n) is 6.47. The monoisotopic (exact) mass is 395 g/mol. The number of nitrogens with two attached hydrogens (primary N) is 1. The predicted molar refractivity (Wildman–Crippen MR) is 113 cm³/mol. The van der Waals surface area contributed by atoms with Gasteiger partial charge in [-0.15, -0.1) is 0 Å². The Bertz CT molecular complexity index is 999. The van der Waals surface area contributed by atoms with Crippen LogP contribution in [0.2, 0.25) is 0 Å². The van der Waals surface area contributed by atoms with Gasteiger partial charge in [0.05, 0.1) is 12.0 Å². The Labute approximate surface area is 167 Å². The first-order valence-electron chi connectivity index (χ1n) is 8.66. The van der Waals surface area contributed by atoms with Crippen LogP contribution in [0.4, 0.5) is 5.13 Å². The number of nitrogens with one attached hydrogen (secondary N) is 1. The van der Waals surface area contributed by atoms with Crippen molar-refractivity contribution < 1.29 is 9.21 Å². The summed E-state index contributed by atoms with van der Waals surface area (Å²) in [5.41, 5.74) is 6.84.